The average Bonchev–Trinajstić information content (AvgIpc) is 3.52. The molecule has 4 fully saturated rings. The summed E-state index contributed by atoms with van der Waals surface area (Å²) in [7, 11) is 1.70. The molecular weight excluding hydrogens is 587 g/mol. The molecule has 44 heavy (non-hydrogen) atoms. The van der Waals surface area contributed by atoms with Crippen LogP contribution >= 0.6 is 11.3 Å². The van der Waals surface area contributed by atoms with Gasteiger partial charge in [-0.25, -0.2) is 9.97 Å². The predicted octanol–water partition coefficient (Wildman–Crippen LogP) is 5.92. The summed E-state index contributed by atoms with van der Waals surface area (Å²) >= 11 is 1.06. The van der Waals surface area contributed by atoms with Gasteiger partial charge in [-0.15, -0.1) is 11.3 Å². The van der Waals surface area contributed by atoms with E-state index in [4.69, 9.17) is 0 Å². The van der Waals surface area contributed by atoms with E-state index in [0.717, 1.165) is 80.5 Å². The van der Waals surface area contributed by atoms with Gasteiger partial charge >= 0.3 is 6.18 Å². The molecule has 4 aromatic rings. The van der Waals surface area contributed by atoms with Crippen LogP contribution in [0.5, 0.6) is 0 Å². The summed E-state index contributed by atoms with van der Waals surface area (Å²) in [4.78, 5) is 24.0. The van der Waals surface area contributed by atoms with E-state index in [1.54, 1.807) is 13.1 Å². The number of rotatable bonds is 8. The van der Waals surface area contributed by atoms with Crippen molar-refractivity contribution in [3.8, 4) is 6.07 Å². The first-order chi connectivity index (χ1) is 21.0. The number of benzene rings is 1. The van der Waals surface area contributed by atoms with Crippen molar-refractivity contribution in [1.29, 1.82) is 5.26 Å². The van der Waals surface area contributed by atoms with Gasteiger partial charge in [0.2, 0.25) is 5.91 Å². The van der Waals surface area contributed by atoms with Crippen LogP contribution in [-0.4, -0.2) is 57.7 Å². The van der Waals surface area contributed by atoms with Crippen molar-refractivity contribution in [2.24, 2.45) is 10.8 Å². The standard InChI is InChI=1S/C32H34F3N7OS/c1-19-20(3-4-26-24(19)9-22(12-36)42(26)17-30-14-31(15-30,16-30)29(43)37-2)13-41-7-5-21(6-8-41)40-27-25-10-23(11-32(33,34)35)44-28(25)39-18-38-27/h3-4,9-10,18,21H,5-8,11,13-17H2,1-2H3,(H,37,43)(H,38,39,40). The predicted molar refractivity (Wildman–Crippen MR) is 163 cm³/mol. The number of halogens is 3. The number of thiophene rings is 1. The van der Waals surface area contributed by atoms with Crippen molar-refractivity contribution in [1.82, 2.24) is 24.8 Å². The molecule has 0 radical (unpaired) electrons. The number of aryl methyl sites for hydroxylation is 1. The van der Waals surface area contributed by atoms with Crippen LogP contribution in [0.3, 0.4) is 0 Å². The maximum Gasteiger partial charge on any atom is 0.393 e. The Morgan fingerprint density at radius 3 is 2.59 bits per heavy atom. The fraction of sp³-hybridized carbons (Fsp3) is 0.500. The largest absolute Gasteiger partial charge is 0.393 e. The highest BCUT2D eigenvalue weighted by Gasteiger charge is 2.71. The Bertz CT molecular complexity index is 1790. The third-order valence-corrected chi connectivity index (χ3v) is 11.0. The number of nitrogens with zero attached hydrogens (tertiary/aromatic N) is 5. The number of amides is 1. The second kappa shape index (κ2) is 10.4. The van der Waals surface area contributed by atoms with Crippen LogP contribution in [0.2, 0.25) is 0 Å². The third kappa shape index (κ3) is 5.00. The summed E-state index contributed by atoms with van der Waals surface area (Å²) < 4.78 is 40.9. The van der Waals surface area contributed by atoms with Gasteiger partial charge in [-0.2, -0.15) is 18.4 Å². The zero-order valence-electron chi connectivity index (χ0n) is 24.7. The Morgan fingerprint density at radius 2 is 1.91 bits per heavy atom. The lowest BCUT2D eigenvalue weighted by Crippen LogP contribution is -2.68. The van der Waals surface area contributed by atoms with Crippen LogP contribution in [0.4, 0.5) is 19.0 Å². The summed E-state index contributed by atoms with van der Waals surface area (Å²) in [6.07, 6.45) is 0.644. The molecule has 3 aliphatic carbocycles. The molecule has 0 atom stereocenters. The number of hydrogen-bond donors (Lipinski definition) is 2. The number of likely N-dealkylation sites (tertiary alicyclic amines) is 1. The fourth-order valence-electron chi connectivity index (χ4n) is 7.94. The molecule has 3 aromatic heterocycles. The summed E-state index contributed by atoms with van der Waals surface area (Å²) in [6, 6.07) is 10.5. The minimum atomic E-state index is -4.26. The van der Waals surface area contributed by atoms with Crippen LogP contribution in [-0.2, 0) is 24.3 Å². The molecular formula is C32H34F3N7OS. The number of nitriles is 1. The van der Waals surface area contributed by atoms with Gasteiger partial charge in [0.15, 0.2) is 0 Å². The molecule has 2 bridgehead atoms. The number of alkyl halides is 3. The maximum atomic E-state index is 12.9. The summed E-state index contributed by atoms with van der Waals surface area (Å²) in [6.45, 7) is 5.47. The van der Waals surface area contributed by atoms with Gasteiger partial charge < -0.3 is 15.2 Å². The summed E-state index contributed by atoms with van der Waals surface area (Å²) in [5.41, 5.74) is 4.09. The van der Waals surface area contributed by atoms with E-state index in [1.165, 1.54) is 17.5 Å². The van der Waals surface area contributed by atoms with E-state index >= 15 is 0 Å². The Labute approximate surface area is 257 Å². The van der Waals surface area contributed by atoms with Crippen molar-refractivity contribution in [3.63, 3.8) is 0 Å². The second-order valence-corrected chi connectivity index (χ2v) is 14.2. The Morgan fingerprint density at radius 1 is 1.16 bits per heavy atom. The summed E-state index contributed by atoms with van der Waals surface area (Å²) in [5, 5.41) is 18.0. The zero-order chi connectivity index (χ0) is 30.9. The first-order valence-corrected chi connectivity index (χ1v) is 15.9. The number of fused-ring (bicyclic) bond motifs is 2. The van der Waals surface area contributed by atoms with E-state index in [9.17, 15) is 23.2 Å². The molecule has 1 saturated heterocycles. The zero-order valence-corrected chi connectivity index (χ0v) is 25.5. The molecule has 3 saturated carbocycles. The number of carbonyl (C=O) groups is 1. The van der Waals surface area contributed by atoms with Crippen molar-refractivity contribution in [3.05, 3.63) is 52.3 Å². The van der Waals surface area contributed by atoms with Crippen LogP contribution in [0, 0.1) is 29.1 Å². The minimum absolute atomic E-state index is 0.112. The van der Waals surface area contributed by atoms with Gasteiger partial charge in [-0.1, -0.05) is 6.07 Å². The molecule has 4 heterocycles. The topological polar surface area (TPSA) is 98.9 Å². The minimum Gasteiger partial charge on any atom is -0.367 e. The number of aromatic nitrogens is 3. The molecule has 12 heteroatoms. The lowest BCUT2D eigenvalue weighted by molar-refractivity contribution is -0.211. The molecule has 230 valence electrons. The van der Waals surface area contributed by atoms with E-state index in [1.807, 2.05) is 6.07 Å². The van der Waals surface area contributed by atoms with Gasteiger partial charge in [-0.3, -0.25) is 9.69 Å². The quantitative estimate of drug-likeness (QED) is 0.253. The van der Waals surface area contributed by atoms with Gasteiger partial charge in [0, 0.05) is 55.0 Å². The van der Waals surface area contributed by atoms with Gasteiger partial charge in [0.25, 0.3) is 0 Å². The third-order valence-electron chi connectivity index (χ3n) is 10.0. The van der Waals surface area contributed by atoms with Crippen LogP contribution in [0.25, 0.3) is 21.1 Å². The highest BCUT2D eigenvalue weighted by atomic mass is 32.1. The monoisotopic (exact) mass is 621 g/mol. The van der Waals surface area contributed by atoms with Crippen molar-refractivity contribution in [2.45, 2.75) is 70.8 Å². The van der Waals surface area contributed by atoms with Crippen LogP contribution in [0.15, 0.2) is 30.6 Å². The van der Waals surface area contributed by atoms with Crippen molar-refractivity contribution in [2.75, 3.05) is 25.5 Å². The van der Waals surface area contributed by atoms with Gasteiger partial charge in [-0.05, 0) is 73.8 Å². The fourth-order valence-corrected chi connectivity index (χ4v) is 8.96. The lowest BCUT2D eigenvalue weighted by atomic mass is 9.35. The Balaban J connectivity index is 0.999. The molecule has 8 rings (SSSR count). The van der Waals surface area contributed by atoms with E-state index in [2.05, 4.69) is 55.2 Å². The van der Waals surface area contributed by atoms with Crippen molar-refractivity contribution >= 4 is 44.2 Å². The highest BCUT2D eigenvalue weighted by Crippen LogP contribution is 2.74. The molecule has 1 amide bonds. The average molecular weight is 622 g/mol. The molecule has 1 aliphatic heterocycles. The Hall–Kier alpha value is -3.69. The lowest BCUT2D eigenvalue weighted by Gasteiger charge is -2.69. The summed E-state index contributed by atoms with van der Waals surface area (Å²) in [5.74, 6) is 0.740. The molecule has 1 aromatic carbocycles. The SMILES string of the molecule is CNC(=O)C12CC(Cn3c(C#N)cc4c(C)c(CN5CCC(Nc6ncnc7sc(CC(F)(F)F)cc67)CC5)ccc43)(C1)C2. The second-order valence-electron chi connectivity index (χ2n) is 13.0. The normalized spacial score (nSPS) is 23.7. The number of nitrogens with one attached hydrogen (secondary N) is 2. The smallest absolute Gasteiger partial charge is 0.367 e. The number of piperidine rings is 1. The first kappa shape index (κ1) is 29.0. The molecule has 0 spiro atoms. The highest BCUT2D eigenvalue weighted by molar-refractivity contribution is 7.18. The van der Waals surface area contributed by atoms with Crippen LogP contribution in [0.1, 0.15) is 53.8 Å². The molecule has 0 unspecified atom stereocenters. The van der Waals surface area contributed by atoms with Gasteiger partial charge in [0.1, 0.15) is 28.7 Å². The van der Waals surface area contributed by atoms with Crippen molar-refractivity contribution < 1.29 is 18.0 Å². The van der Waals surface area contributed by atoms with Gasteiger partial charge in [0.05, 0.1) is 17.2 Å². The molecule has 4 aliphatic rings. The molecule has 2 N–H and O–H groups in total. The number of anilines is 1. The Kier molecular flexibility index (Phi) is 6.90. The van der Waals surface area contributed by atoms with E-state index in [-0.39, 0.29) is 27.7 Å². The number of hydrogen-bond acceptors (Lipinski definition) is 7. The van der Waals surface area contributed by atoms with E-state index < -0.39 is 12.6 Å². The van der Waals surface area contributed by atoms with E-state index in [0.29, 0.717) is 21.7 Å². The van der Waals surface area contributed by atoms with Crippen LogP contribution < -0.4 is 10.6 Å². The maximum absolute atomic E-state index is 12.9. The number of carbonyl (C=O) groups excluding carboxylic acids is 1. The molecule has 8 nitrogen and oxygen atoms in total. The first-order valence-electron chi connectivity index (χ1n) is 15.0.